The maximum absolute atomic E-state index is 10.8. The minimum absolute atomic E-state index is 0.0126. The van der Waals surface area contributed by atoms with Crippen LogP contribution in [-0.4, -0.2) is 111 Å². The average molecular weight is 539 g/mol. The first-order valence-corrected chi connectivity index (χ1v) is 15.1. The molecule has 6 atom stereocenters. The Hall–Kier alpha value is -0.623. The lowest BCUT2D eigenvalue weighted by atomic mass is 10.0. The van der Waals surface area contributed by atoms with Gasteiger partial charge >= 0.3 is 0 Å². The van der Waals surface area contributed by atoms with Crippen molar-refractivity contribution in [3.05, 3.63) is 0 Å². The normalized spacial score (nSPS) is 17.6. The molecule has 0 fully saturated rings. The molecule has 0 heterocycles. The zero-order chi connectivity index (χ0) is 27.8. The SMILES string of the molecule is COCO[C@H]([C@@H](O)C#C[C@H](C[C@@H](OCOC)[C@H](C)O[Si](C)(C)C(C)(C)C)OCOC)[C@@H](CCO)OC. The second-order valence-electron chi connectivity index (χ2n) is 10.1. The molecule has 0 radical (unpaired) electrons. The first-order chi connectivity index (χ1) is 16.9. The molecule has 0 spiro atoms. The fraction of sp³-hybridized carbons (Fsp3) is 0.920. The molecule has 0 aliphatic rings. The number of aliphatic hydroxyl groups excluding tert-OH is 2. The summed E-state index contributed by atoms with van der Waals surface area (Å²) in [6.45, 7) is 12.8. The molecule has 0 saturated carbocycles. The van der Waals surface area contributed by atoms with Gasteiger partial charge in [-0.05, 0) is 31.5 Å². The summed E-state index contributed by atoms with van der Waals surface area (Å²) in [6, 6.07) is 0. The molecule has 2 N–H and O–H groups in total. The van der Waals surface area contributed by atoms with Gasteiger partial charge in [0.1, 0.15) is 38.7 Å². The van der Waals surface area contributed by atoms with Gasteiger partial charge in [0, 0.05) is 41.5 Å². The first-order valence-electron chi connectivity index (χ1n) is 12.2. The maximum atomic E-state index is 10.8. The van der Waals surface area contributed by atoms with E-state index in [9.17, 15) is 10.2 Å². The quantitative estimate of drug-likeness (QED) is 0.144. The Kier molecular flexibility index (Phi) is 18.3. The zero-order valence-corrected chi connectivity index (χ0v) is 24.9. The standard InChI is InChI=1S/C25H50O10Si/c1-19(35-36(9,10)25(2,3)4)23(33-17-29-6)15-20(32-16-28-5)11-12-21(27)24(34-18-30-7)22(31-8)13-14-26/h19-24,26-27H,13-18H2,1-10H3/t19-,20+,21-,22+,23+,24+/m0/s1. The Labute approximate surface area is 218 Å². The van der Waals surface area contributed by atoms with Crippen molar-refractivity contribution in [1.82, 2.24) is 0 Å². The van der Waals surface area contributed by atoms with Gasteiger partial charge in [0.05, 0.1) is 18.3 Å². The lowest BCUT2D eigenvalue weighted by molar-refractivity contribution is -0.150. The fourth-order valence-corrected chi connectivity index (χ4v) is 4.58. The molecule has 0 saturated heterocycles. The van der Waals surface area contributed by atoms with Gasteiger partial charge in [0.25, 0.3) is 0 Å². The van der Waals surface area contributed by atoms with Crippen LogP contribution in [0.15, 0.2) is 0 Å². The highest BCUT2D eigenvalue weighted by Gasteiger charge is 2.40. The molecule has 0 aliphatic carbocycles. The fourth-order valence-electron chi connectivity index (χ4n) is 3.15. The van der Waals surface area contributed by atoms with E-state index in [1.165, 1.54) is 21.3 Å². The summed E-state index contributed by atoms with van der Waals surface area (Å²) >= 11 is 0. The number of methoxy groups -OCH3 is 4. The highest BCUT2D eigenvalue weighted by atomic mass is 28.4. The molecule has 0 rings (SSSR count). The summed E-state index contributed by atoms with van der Waals surface area (Å²) in [7, 11) is 3.98. The van der Waals surface area contributed by atoms with Gasteiger partial charge < -0.3 is 47.8 Å². The van der Waals surface area contributed by atoms with Crippen molar-refractivity contribution in [3.63, 3.8) is 0 Å². The third-order valence-electron chi connectivity index (χ3n) is 6.21. The van der Waals surface area contributed by atoms with Gasteiger partial charge in [0.2, 0.25) is 0 Å². The van der Waals surface area contributed by atoms with E-state index < -0.39 is 32.7 Å². The van der Waals surface area contributed by atoms with Gasteiger partial charge in [-0.2, -0.15) is 0 Å². The Balaban J connectivity index is 5.77. The first kappa shape index (κ1) is 35.4. The second kappa shape index (κ2) is 18.6. The van der Waals surface area contributed by atoms with Crippen molar-refractivity contribution in [2.75, 3.05) is 55.4 Å². The Bertz CT molecular complexity index is 616. The van der Waals surface area contributed by atoms with E-state index in [2.05, 4.69) is 45.7 Å². The molecule has 0 aromatic carbocycles. The van der Waals surface area contributed by atoms with E-state index in [1.54, 1.807) is 7.11 Å². The van der Waals surface area contributed by atoms with Crippen LogP contribution in [0.1, 0.15) is 40.5 Å². The lowest BCUT2D eigenvalue weighted by Gasteiger charge is -2.40. The van der Waals surface area contributed by atoms with Crippen LogP contribution in [0.2, 0.25) is 18.1 Å². The topological polar surface area (TPSA) is 114 Å². The molecular formula is C25H50O10Si. The predicted octanol–water partition coefficient (Wildman–Crippen LogP) is 2.52. The summed E-state index contributed by atoms with van der Waals surface area (Å²) in [5, 5.41) is 20.2. The summed E-state index contributed by atoms with van der Waals surface area (Å²) in [5.41, 5.74) is 0. The van der Waals surface area contributed by atoms with Crippen LogP contribution in [-0.2, 0) is 37.6 Å². The minimum Gasteiger partial charge on any atom is -0.412 e. The molecule has 214 valence electrons. The number of aliphatic hydroxyl groups is 2. The smallest absolute Gasteiger partial charge is 0.192 e. The van der Waals surface area contributed by atoms with Gasteiger partial charge in [-0.3, -0.25) is 0 Å². The minimum atomic E-state index is -2.06. The monoisotopic (exact) mass is 538 g/mol. The third-order valence-corrected chi connectivity index (χ3v) is 10.8. The Morgan fingerprint density at radius 1 is 0.833 bits per heavy atom. The predicted molar refractivity (Wildman–Crippen MR) is 139 cm³/mol. The van der Waals surface area contributed by atoms with E-state index in [-0.39, 0.29) is 50.7 Å². The number of hydrogen-bond donors (Lipinski definition) is 2. The van der Waals surface area contributed by atoms with Crippen molar-refractivity contribution in [2.45, 2.75) is 95.3 Å². The second-order valence-corrected chi connectivity index (χ2v) is 14.8. The number of rotatable bonds is 19. The lowest BCUT2D eigenvalue weighted by Crippen LogP contribution is -2.47. The van der Waals surface area contributed by atoms with Gasteiger partial charge in [-0.1, -0.05) is 32.6 Å². The van der Waals surface area contributed by atoms with Crippen molar-refractivity contribution in [2.24, 2.45) is 0 Å². The highest BCUT2D eigenvalue weighted by molar-refractivity contribution is 6.74. The van der Waals surface area contributed by atoms with Crippen molar-refractivity contribution in [1.29, 1.82) is 0 Å². The average Bonchev–Trinajstić information content (AvgIpc) is 2.81. The van der Waals surface area contributed by atoms with Crippen LogP contribution < -0.4 is 0 Å². The molecule has 0 unspecified atom stereocenters. The Morgan fingerprint density at radius 2 is 1.39 bits per heavy atom. The molecule has 10 nitrogen and oxygen atoms in total. The summed E-state index contributed by atoms with van der Waals surface area (Å²) in [4.78, 5) is 0. The van der Waals surface area contributed by atoms with Gasteiger partial charge in [-0.15, -0.1) is 0 Å². The highest BCUT2D eigenvalue weighted by Crippen LogP contribution is 2.38. The van der Waals surface area contributed by atoms with Crippen molar-refractivity contribution in [3.8, 4) is 11.8 Å². The van der Waals surface area contributed by atoms with E-state index in [0.717, 1.165) is 0 Å². The van der Waals surface area contributed by atoms with Crippen LogP contribution in [0, 0.1) is 11.8 Å². The molecule has 0 aromatic heterocycles. The molecular weight excluding hydrogens is 488 g/mol. The van der Waals surface area contributed by atoms with Crippen LogP contribution in [0.3, 0.4) is 0 Å². The summed E-state index contributed by atoms with van der Waals surface area (Å²) in [6.07, 6.45) is -3.27. The summed E-state index contributed by atoms with van der Waals surface area (Å²) < 4.78 is 44.5. The van der Waals surface area contributed by atoms with Crippen molar-refractivity contribution < 1.29 is 47.8 Å². The van der Waals surface area contributed by atoms with Crippen molar-refractivity contribution >= 4 is 8.32 Å². The number of hydrogen-bond acceptors (Lipinski definition) is 10. The summed E-state index contributed by atoms with van der Waals surface area (Å²) in [5.74, 6) is 5.79. The number of ether oxygens (including phenoxy) is 7. The van der Waals surface area contributed by atoms with E-state index in [4.69, 9.17) is 37.6 Å². The molecule has 0 aliphatic heterocycles. The molecule has 36 heavy (non-hydrogen) atoms. The van der Waals surface area contributed by atoms with Gasteiger partial charge in [0.15, 0.2) is 8.32 Å². The van der Waals surface area contributed by atoms with E-state index >= 15 is 0 Å². The van der Waals surface area contributed by atoms with E-state index in [0.29, 0.717) is 6.42 Å². The molecule has 0 aromatic rings. The molecule has 0 bridgehead atoms. The van der Waals surface area contributed by atoms with Crippen LogP contribution in [0.5, 0.6) is 0 Å². The third kappa shape index (κ3) is 13.3. The van der Waals surface area contributed by atoms with Crippen LogP contribution in [0.4, 0.5) is 0 Å². The van der Waals surface area contributed by atoms with Crippen LogP contribution in [0.25, 0.3) is 0 Å². The Morgan fingerprint density at radius 3 is 1.89 bits per heavy atom. The van der Waals surface area contributed by atoms with Gasteiger partial charge in [-0.25, -0.2) is 0 Å². The van der Waals surface area contributed by atoms with E-state index in [1.807, 2.05) is 6.92 Å². The largest absolute Gasteiger partial charge is 0.412 e. The van der Waals surface area contributed by atoms with Crippen LogP contribution >= 0.6 is 0 Å². The molecule has 0 amide bonds. The zero-order valence-electron chi connectivity index (χ0n) is 23.9. The maximum Gasteiger partial charge on any atom is 0.192 e. The molecule has 11 heteroatoms.